The Balaban J connectivity index is 1.54. The summed E-state index contributed by atoms with van der Waals surface area (Å²) in [5.74, 6) is 6.33. The number of carbonyl (C=O) groups is 1. The summed E-state index contributed by atoms with van der Waals surface area (Å²) in [5, 5.41) is 0. The third-order valence-corrected chi connectivity index (χ3v) is 6.07. The Morgan fingerprint density at radius 3 is 2.27 bits per heavy atom. The molecule has 2 bridgehead atoms. The minimum Gasteiger partial charge on any atom is -0.465 e. The van der Waals surface area contributed by atoms with Gasteiger partial charge in [-0.2, -0.15) is 0 Å². The molecule has 6 aliphatic carbocycles. The lowest BCUT2D eigenvalue weighted by atomic mass is 9.76. The predicted octanol–water partition coefficient (Wildman–Crippen LogP) is 1.47. The molecule has 0 amide bonds. The second-order valence-corrected chi connectivity index (χ2v) is 6.16. The van der Waals surface area contributed by atoms with Gasteiger partial charge in [-0.3, -0.25) is 4.79 Å². The highest BCUT2D eigenvalue weighted by atomic mass is 16.5. The average Bonchev–Trinajstić information content (AvgIpc) is 3.03. The number of ether oxygens (including phenoxy) is 1. The maximum absolute atomic E-state index is 10.9. The van der Waals surface area contributed by atoms with E-state index in [1.807, 2.05) is 0 Å². The molecule has 2 nitrogen and oxygen atoms in total. The van der Waals surface area contributed by atoms with Crippen LogP contribution in [0.3, 0.4) is 0 Å². The first-order valence-corrected chi connectivity index (χ1v) is 6.08. The third-order valence-electron chi connectivity index (χ3n) is 6.07. The molecule has 0 aromatic rings. The summed E-state index contributed by atoms with van der Waals surface area (Å²) in [5.41, 5.74) is 0.458. The normalized spacial score (nSPS) is 68.2. The van der Waals surface area contributed by atoms with Crippen LogP contribution in [0.5, 0.6) is 0 Å². The summed E-state index contributed by atoms with van der Waals surface area (Å²) in [4.78, 5) is 10.9. The van der Waals surface area contributed by atoms with Crippen molar-refractivity contribution in [2.24, 2.45) is 46.8 Å². The van der Waals surface area contributed by atoms with Crippen LogP contribution in [0.15, 0.2) is 12.2 Å². The van der Waals surface area contributed by atoms with E-state index in [9.17, 15) is 4.79 Å². The summed E-state index contributed by atoms with van der Waals surface area (Å²) in [6.07, 6.45) is 4.94. The molecule has 0 aromatic carbocycles. The summed E-state index contributed by atoms with van der Waals surface area (Å²) in [7, 11) is 0. The molecule has 4 saturated carbocycles. The lowest BCUT2D eigenvalue weighted by Crippen LogP contribution is -2.23. The first-order chi connectivity index (χ1) is 7.27. The Morgan fingerprint density at radius 2 is 1.80 bits per heavy atom. The van der Waals surface area contributed by atoms with Gasteiger partial charge in [-0.1, -0.05) is 12.2 Å². The molecule has 0 aliphatic heterocycles. The minimum atomic E-state index is -0.100. The van der Waals surface area contributed by atoms with Gasteiger partial charge in [0, 0.05) is 12.3 Å². The van der Waals surface area contributed by atoms with E-state index < -0.39 is 0 Å². The average molecular weight is 202 g/mol. The van der Waals surface area contributed by atoms with E-state index in [4.69, 9.17) is 4.74 Å². The first kappa shape index (κ1) is 7.48. The second-order valence-electron chi connectivity index (χ2n) is 6.16. The van der Waals surface area contributed by atoms with Crippen molar-refractivity contribution in [1.82, 2.24) is 0 Å². The molecule has 0 spiro atoms. The molecule has 6 atom stereocenters. The van der Waals surface area contributed by atoms with E-state index in [-0.39, 0.29) is 5.97 Å². The number of allylic oxidation sites excluding steroid dienone is 2. The molecule has 0 N–H and O–H groups in total. The summed E-state index contributed by atoms with van der Waals surface area (Å²) >= 11 is 0. The van der Waals surface area contributed by atoms with Crippen LogP contribution in [-0.2, 0) is 9.53 Å². The molecule has 6 rings (SSSR count). The van der Waals surface area contributed by atoms with E-state index >= 15 is 0 Å². The van der Waals surface area contributed by atoms with Crippen LogP contribution >= 0.6 is 0 Å². The maximum atomic E-state index is 10.9. The van der Waals surface area contributed by atoms with Gasteiger partial charge in [0.2, 0.25) is 0 Å². The van der Waals surface area contributed by atoms with Gasteiger partial charge in [0.1, 0.15) is 0 Å². The Labute approximate surface area is 88.7 Å². The molecule has 6 aliphatic rings. The zero-order chi connectivity index (χ0) is 9.95. The lowest BCUT2D eigenvalue weighted by Gasteiger charge is -2.28. The lowest BCUT2D eigenvalue weighted by molar-refractivity contribution is -0.143. The summed E-state index contributed by atoms with van der Waals surface area (Å²) < 4.78 is 5.32. The zero-order valence-electron chi connectivity index (χ0n) is 8.72. The van der Waals surface area contributed by atoms with Crippen molar-refractivity contribution in [2.75, 3.05) is 6.61 Å². The standard InChI is InChI=1S/C13H14O2/c1-5(14)15-4-13-10-6-2-3-7(11(10)13)9-8(6)12(9)13/h2-3,6-12H,4H2,1H3. The molecule has 0 radical (unpaired) electrons. The highest BCUT2D eigenvalue weighted by molar-refractivity contribution is 5.66. The third kappa shape index (κ3) is 0.525. The van der Waals surface area contributed by atoms with Gasteiger partial charge < -0.3 is 4.74 Å². The van der Waals surface area contributed by atoms with Crippen molar-refractivity contribution in [3.63, 3.8) is 0 Å². The Morgan fingerprint density at radius 1 is 1.20 bits per heavy atom. The highest BCUT2D eigenvalue weighted by Crippen LogP contribution is 2.96. The fourth-order valence-electron chi connectivity index (χ4n) is 5.98. The molecule has 15 heavy (non-hydrogen) atoms. The number of carbonyl (C=O) groups excluding carboxylic acids is 1. The van der Waals surface area contributed by atoms with Gasteiger partial charge in [-0.15, -0.1) is 0 Å². The van der Waals surface area contributed by atoms with Gasteiger partial charge in [0.25, 0.3) is 0 Å². The molecular weight excluding hydrogens is 188 g/mol. The quantitative estimate of drug-likeness (QED) is 0.500. The molecule has 2 heteroatoms. The van der Waals surface area contributed by atoms with E-state index in [1.165, 1.54) is 6.92 Å². The van der Waals surface area contributed by atoms with Crippen LogP contribution in [0, 0.1) is 46.8 Å². The van der Waals surface area contributed by atoms with Crippen LogP contribution in [0.25, 0.3) is 0 Å². The van der Waals surface area contributed by atoms with Crippen molar-refractivity contribution in [3.05, 3.63) is 12.2 Å². The van der Waals surface area contributed by atoms with Gasteiger partial charge in [0.15, 0.2) is 0 Å². The highest BCUT2D eigenvalue weighted by Gasteiger charge is 2.94. The van der Waals surface area contributed by atoms with Crippen molar-refractivity contribution >= 4 is 5.97 Å². The Hall–Kier alpha value is -0.790. The molecular formula is C13H14O2. The zero-order valence-corrected chi connectivity index (χ0v) is 8.72. The molecule has 0 saturated heterocycles. The van der Waals surface area contributed by atoms with Crippen molar-refractivity contribution < 1.29 is 9.53 Å². The minimum absolute atomic E-state index is 0.100. The van der Waals surface area contributed by atoms with Crippen LogP contribution in [0.2, 0.25) is 0 Å². The van der Waals surface area contributed by atoms with E-state index in [1.54, 1.807) is 0 Å². The van der Waals surface area contributed by atoms with Crippen LogP contribution in [0.4, 0.5) is 0 Å². The van der Waals surface area contributed by atoms with Gasteiger partial charge in [0.05, 0.1) is 6.61 Å². The van der Waals surface area contributed by atoms with Crippen molar-refractivity contribution in [3.8, 4) is 0 Å². The number of hydrogen-bond acceptors (Lipinski definition) is 2. The monoisotopic (exact) mass is 202 g/mol. The first-order valence-electron chi connectivity index (χ1n) is 6.08. The van der Waals surface area contributed by atoms with Crippen molar-refractivity contribution in [1.29, 1.82) is 0 Å². The Kier molecular flexibility index (Phi) is 0.890. The maximum Gasteiger partial charge on any atom is 0.302 e. The SMILES string of the molecule is CC(=O)OCC12C3C4C5C=CC(C43)C1C52. The smallest absolute Gasteiger partial charge is 0.302 e. The van der Waals surface area contributed by atoms with Crippen LogP contribution < -0.4 is 0 Å². The fourth-order valence-corrected chi connectivity index (χ4v) is 5.98. The summed E-state index contributed by atoms with van der Waals surface area (Å²) in [6, 6.07) is 0. The van der Waals surface area contributed by atoms with E-state index in [2.05, 4.69) is 12.2 Å². The van der Waals surface area contributed by atoms with Crippen molar-refractivity contribution in [2.45, 2.75) is 6.92 Å². The molecule has 0 heterocycles. The van der Waals surface area contributed by atoms with Gasteiger partial charge >= 0.3 is 5.97 Å². The second kappa shape index (κ2) is 1.79. The molecule has 4 fully saturated rings. The number of hydrogen-bond donors (Lipinski definition) is 0. The summed E-state index contributed by atoms with van der Waals surface area (Å²) in [6.45, 7) is 2.26. The largest absolute Gasteiger partial charge is 0.465 e. The molecule has 78 valence electrons. The molecule has 0 aromatic heterocycles. The van der Waals surface area contributed by atoms with Gasteiger partial charge in [-0.25, -0.2) is 0 Å². The van der Waals surface area contributed by atoms with Gasteiger partial charge in [-0.05, 0) is 41.4 Å². The number of rotatable bonds is 2. The van der Waals surface area contributed by atoms with E-state index in [0.29, 0.717) is 5.41 Å². The van der Waals surface area contributed by atoms with Crippen LogP contribution in [0.1, 0.15) is 6.92 Å². The number of esters is 1. The molecule has 6 unspecified atom stereocenters. The fraction of sp³-hybridized carbons (Fsp3) is 0.769. The Bertz CT molecular complexity index is 398. The predicted molar refractivity (Wildman–Crippen MR) is 52.6 cm³/mol. The topological polar surface area (TPSA) is 26.3 Å². The van der Waals surface area contributed by atoms with Crippen LogP contribution in [-0.4, -0.2) is 12.6 Å². The van der Waals surface area contributed by atoms with E-state index in [0.717, 1.165) is 48.0 Å².